The Labute approximate surface area is 103 Å². The third kappa shape index (κ3) is 4.95. The van der Waals surface area contributed by atoms with Crippen LogP contribution in [0, 0.1) is 0 Å². The average Bonchev–Trinajstić information content (AvgIpc) is 2.35. The number of hydrogen-bond donors (Lipinski definition) is 1. The standard InChI is InChI=1S/C13H21N3O/c1-11(12-6-4-8-14-10-12)15-9-5-7-13(17)16(2)3/h4,6,8,10-11,15H,5,7,9H2,1-3H3. The van der Waals surface area contributed by atoms with Crippen LogP contribution in [0.2, 0.25) is 0 Å². The predicted octanol–water partition coefficient (Wildman–Crippen LogP) is 1.60. The highest BCUT2D eigenvalue weighted by molar-refractivity contribution is 5.75. The van der Waals surface area contributed by atoms with Gasteiger partial charge in [-0.25, -0.2) is 0 Å². The van der Waals surface area contributed by atoms with Crippen molar-refractivity contribution in [1.29, 1.82) is 0 Å². The van der Waals surface area contributed by atoms with E-state index in [-0.39, 0.29) is 11.9 Å². The van der Waals surface area contributed by atoms with Crippen LogP contribution in [0.1, 0.15) is 31.4 Å². The quantitative estimate of drug-likeness (QED) is 0.762. The molecule has 1 N–H and O–H groups in total. The Hall–Kier alpha value is -1.42. The van der Waals surface area contributed by atoms with Crippen LogP contribution >= 0.6 is 0 Å². The number of nitrogens with zero attached hydrogens (tertiary/aromatic N) is 2. The molecule has 4 heteroatoms. The number of carbonyl (C=O) groups is 1. The summed E-state index contributed by atoms with van der Waals surface area (Å²) in [4.78, 5) is 17.1. The van der Waals surface area contributed by atoms with Gasteiger partial charge in [0.05, 0.1) is 0 Å². The Kier molecular flexibility index (Phi) is 5.63. The number of aromatic nitrogens is 1. The van der Waals surface area contributed by atoms with Crippen molar-refractivity contribution in [3.8, 4) is 0 Å². The summed E-state index contributed by atoms with van der Waals surface area (Å²) in [5.41, 5.74) is 1.17. The zero-order chi connectivity index (χ0) is 12.7. The van der Waals surface area contributed by atoms with E-state index >= 15 is 0 Å². The topological polar surface area (TPSA) is 45.2 Å². The molecule has 4 nitrogen and oxygen atoms in total. The molecule has 1 aromatic heterocycles. The fraction of sp³-hybridized carbons (Fsp3) is 0.538. The van der Waals surface area contributed by atoms with Crippen LogP contribution in [-0.2, 0) is 4.79 Å². The van der Waals surface area contributed by atoms with Gasteiger partial charge in [-0.1, -0.05) is 6.07 Å². The summed E-state index contributed by atoms with van der Waals surface area (Å²) in [5.74, 6) is 0.181. The molecule has 0 aromatic carbocycles. The van der Waals surface area contributed by atoms with Gasteiger partial charge in [0.25, 0.3) is 0 Å². The maximum atomic E-state index is 11.3. The molecule has 0 bridgehead atoms. The van der Waals surface area contributed by atoms with Crippen LogP contribution in [0.25, 0.3) is 0 Å². The van der Waals surface area contributed by atoms with Gasteiger partial charge in [0, 0.05) is 39.0 Å². The van der Waals surface area contributed by atoms with E-state index in [4.69, 9.17) is 0 Å². The molecule has 1 aromatic rings. The Bertz CT molecular complexity index is 338. The van der Waals surface area contributed by atoms with Crippen molar-refractivity contribution in [1.82, 2.24) is 15.2 Å². The molecule has 0 aliphatic heterocycles. The Morgan fingerprint density at radius 2 is 2.29 bits per heavy atom. The van der Waals surface area contributed by atoms with Crippen molar-refractivity contribution >= 4 is 5.91 Å². The molecule has 1 amide bonds. The van der Waals surface area contributed by atoms with Gasteiger partial charge < -0.3 is 10.2 Å². The average molecular weight is 235 g/mol. The number of pyridine rings is 1. The molecule has 0 aliphatic carbocycles. The number of rotatable bonds is 6. The lowest BCUT2D eigenvalue weighted by Crippen LogP contribution is -2.24. The van der Waals surface area contributed by atoms with Crippen molar-refractivity contribution < 1.29 is 4.79 Å². The van der Waals surface area contributed by atoms with Gasteiger partial charge in [-0.05, 0) is 31.5 Å². The Morgan fingerprint density at radius 3 is 2.88 bits per heavy atom. The lowest BCUT2D eigenvalue weighted by molar-refractivity contribution is -0.128. The number of amides is 1. The monoisotopic (exact) mass is 235 g/mol. The van der Waals surface area contributed by atoms with E-state index in [9.17, 15) is 4.79 Å². The van der Waals surface area contributed by atoms with Gasteiger partial charge in [0.2, 0.25) is 5.91 Å². The highest BCUT2D eigenvalue weighted by Crippen LogP contribution is 2.09. The van der Waals surface area contributed by atoms with Gasteiger partial charge >= 0.3 is 0 Å². The third-order valence-corrected chi connectivity index (χ3v) is 2.70. The fourth-order valence-corrected chi connectivity index (χ4v) is 1.53. The normalized spacial score (nSPS) is 12.2. The predicted molar refractivity (Wildman–Crippen MR) is 68.6 cm³/mol. The van der Waals surface area contributed by atoms with E-state index in [1.165, 1.54) is 5.56 Å². The molecule has 1 atom stereocenters. The second-order valence-corrected chi connectivity index (χ2v) is 4.35. The molecular formula is C13H21N3O. The molecule has 1 rings (SSSR count). The number of nitrogens with one attached hydrogen (secondary N) is 1. The first-order valence-electron chi connectivity index (χ1n) is 5.94. The summed E-state index contributed by atoms with van der Waals surface area (Å²) in [7, 11) is 3.57. The minimum absolute atomic E-state index is 0.181. The summed E-state index contributed by atoms with van der Waals surface area (Å²) in [6.45, 7) is 2.94. The van der Waals surface area contributed by atoms with E-state index in [1.807, 2.05) is 12.3 Å². The van der Waals surface area contributed by atoms with Crippen molar-refractivity contribution in [2.24, 2.45) is 0 Å². The smallest absolute Gasteiger partial charge is 0.222 e. The zero-order valence-corrected chi connectivity index (χ0v) is 10.8. The van der Waals surface area contributed by atoms with Gasteiger partial charge in [0.15, 0.2) is 0 Å². The number of carbonyl (C=O) groups excluding carboxylic acids is 1. The number of hydrogen-bond acceptors (Lipinski definition) is 3. The minimum atomic E-state index is 0.181. The summed E-state index contributed by atoms with van der Waals surface area (Å²) < 4.78 is 0. The zero-order valence-electron chi connectivity index (χ0n) is 10.8. The van der Waals surface area contributed by atoms with E-state index in [0.717, 1.165) is 13.0 Å². The van der Waals surface area contributed by atoms with Crippen molar-refractivity contribution in [2.45, 2.75) is 25.8 Å². The first kappa shape index (κ1) is 13.6. The van der Waals surface area contributed by atoms with Gasteiger partial charge in [-0.3, -0.25) is 9.78 Å². The third-order valence-electron chi connectivity index (χ3n) is 2.70. The van der Waals surface area contributed by atoms with Gasteiger partial charge in [-0.2, -0.15) is 0 Å². The second kappa shape index (κ2) is 7.01. The molecule has 0 spiro atoms. The Morgan fingerprint density at radius 1 is 1.53 bits per heavy atom. The van der Waals surface area contributed by atoms with Crippen LogP contribution in [0.15, 0.2) is 24.5 Å². The van der Waals surface area contributed by atoms with E-state index < -0.39 is 0 Å². The molecular weight excluding hydrogens is 214 g/mol. The highest BCUT2D eigenvalue weighted by atomic mass is 16.2. The van der Waals surface area contributed by atoms with Crippen molar-refractivity contribution in [2.75, 3.05) is 20.6 Å². The summed E-state index contributed by atoms with van der Waals surface area (Å²) in [6, 6.07) is 4.26. The molecule has 0 saturated carbocycles. The minimum Gasteiger partial charge on any atom is -0.349 e. The van der Waals surface area contributed by atoms with E-state index in [2.05, 4.69) is 23.3 Å². The van der Waals surface area contributed by atoms with Gasteiger partial charge in [0.1, 0.15) is 0 Å². The lowest BCUT2D eigenvalue weighted by Gasteiger charge is -2.14. The van der Waals surface area contributed by atoms with Crippen molar-refractivity contribution in [3.05, 3.63) is 30.1 Å². The van der Waals surface area contributed by atoms with Crippen LogP contribution in [-0.4, -0.2) is 36.4 Å². The maximum Gasteiger partial charge on any atom is 0.222 e. The largest absolute Gasteiger partial charge is 0.349 e. The molecule has 94 valence electrons. The maximum absolute atomic E-state index is 11.3. The van der Waals surface area contributed by atoms with Crippen LogP contribution in [0.5, 0.6) is 0 Å². The molecule has 1 unspecified atom stereocenters. The Balaban J connectivity index is 2.21. The van der Waals surface area contributed by atoms with E-state index in [0.29, 0.717) is 6.42 Å². The van der Waals surface area contributed by atoms with Crippen LogP contribution < -0.4 is 5.32 Å². The van der Waals surface area contributed by atoms with Gasteiger partial charge in [-0.15, -0.1) is 0 Å². The molecule has 0 aliphatic rings. The van der Waals surface area contributed by atoms with E-state index in [1.54, 1.807) is 25.2 Å². The summed E-state index contributed by atoms with van der Waals surface area (Å²) in [6.07, 6.45) is 5.09. The fourth-order valence-electron chi connectivity index (χ4n) is 1.53. The van der Waals surface area contributed by atoms with Crippen LogP contribution in [0.4, 0.5) is 0 Å². The van der Waals surface area contributed by atoms with Crippen molar-refractivity contribution in [3.63, 3.8) is 0 Å². The first-order valence-corrected chi connectivity index (χ1v) is 5.94. The molecule has 0 fully saturated rings. The highest BCUT2D eigenvalue weighted by Gasteiger charge is 2.06. The summed E-state index contributed by atoms with van der Waals surface area (Å²) in [5, 5.41) is 3.38. The first-order chi connectivity index (χ1) is 8.11. The SMILES string of the molecule is CC(NCCCC(=O)N(C)C)c1cccnc1. The molecule has 17 heavy (non-hydrogen) atoms. The molecule has 0 saturated heterocycles. The van der Waals surface area contributed by atoms with Crippen LogP contribution in [0.3, 0.4) is 0 Å². The lowest BCUT2D eigenvalue weighted by atomic mass is 10.1. The molecule has 0 radical (unpaired) electrons. The summed E-state index contributed by atoms with van der Waals surface area (Å²) >= 11 is 0. The second-order valence-electron chi connectivity index (χ2n) is 4.35. The molecule has 1 heterocycles.